The highest BCUT2D eigenvalue weighted by molar-refractivity contribution is 5.73. The standard InChI is InChI=1S/C23H29NO3/c1-2-26-23(25)14-8-17-7-13-22(27-16-18-5-3-4-6-18)21(15-17)19-9-11-20(24)12-10-19/h7,9-13,15,18H,2-6,8,14,16,24H2,1H3. The van der Waals surface area contributed by atoms with Crippen LogP contribution in [0.2, 0.25) is 0 Å². The Bertz CT molecular complexity index is 749. The van der Waals surface area contributed by atoms with Crippen LogP contribution in [0.4, 0.5) is 5.69 Å². The maximum Gasteiger partial charge on any atom is 0.306 e. The summed E-state index contributed by atoms with van der Waals surface area (Å²) in [5, 5.41) is 0. The lowest BCUT2D eigenvalue weighted by Gasteiger charge is -2.16. The smallest absolute Gasteiger partial charge is 0.306 e. The van der Waals surface area contributed by atoms with Crippen LogP contribution in [0.25, 0.3) is 11.1 Å². The molecule has 0 aliphatic heterocycles. The zero-order valence-electron chi connectivity index (χ0n) is 16.1. The van der Waals surface area contributed by atoms with E-state index in [0.717, 1.165) is 34.7 Å². The van der Waals surface area contributed by atoms with Crippen molar-refractivity contribution in [1.29, 1.82) is 0 Å². The third kappa shape index (κ3) is 5.49. The Balaban J connectivity index is 1.78. The maximum atomic E-state index is 11.7. The molecule has 2 aromatic rings. The number of nitrogen functional groups attached to an aromatic ring is 1. The van der Waals surface area contributed by atoms with Crippen molar-refractivity contribution in [3.8, 4) is 16.9 Å². The van der Waals surface area contributed by atoms with Gasteiger partial charge in [0.05, 0.1) is 13.2 Å². The summed E-state index contributed by atoms with van der Waals surface area (Å²) in [6.45, 7) is 3.02. The number of hydrogen-bond donors (Lipinski definition) is 1. The summed E-state index contributed by atoms with van der Waals surface area (Å²) in [7, 11) is 0. The van der Waals surface area contributed by atoms with E-state index in [4.69, 9.17) is 15.2 Å². The van der Waals surface area contributed by atoms with E-state index in [1.54, 1.807) is 0 Å². The summed E-state index contributed by atoms with van der Waals surface area (Å²) < 4.78 is 11.2. The fraction of sp³-hybridized carbons (Fsp3) is 0.435. The maximum absolute atomic E-state index is 11.7. The SMILES string of the molecule is CCOC(=O)CCc1ccc(OCC2CCCC2)c(-c2ccc(N)cc2)c1. The van der Waals surface area contributed by atoms with Crippen molar-refractivity contribution in [3.05, 3.63) is 48.0 Å². The summed E-state index contributed by atoms with van der Waals surface area (Å²) in [4.78, 5) is 11.7. The molecular formula is C23H29NO3. The number of hydrogen-bond acceptors (Lipinski definition) is 4. The minimum absolute atomic E-state index is 0.159. The molecule has 1 aliphatic rings. The van der Waals surface area contributed by atoms with Crippen LogP contribution >= 0.6 is 0 Å². The van der Waals surface area contributed by atoms with Crippen molar-refractivity contribution < 1.29 is 14.3 Å². The monoisotopic (exact) mass is 367 g/mol. The molecular weight excluding hydrogens is 338 g/mol. The Kier molecular flexibility index (Phi) is 6.74. The van der Waals surface area contributed by atoms with Crippen molar-refractivity contribution >= 4 is 11.7 Å². The lowest BCUT2D eigenvalue weighted by atomic mass is 9.99. The molecule has 0 spiro atoms. The fourth-order valence-corrected chi connectivity index (χ4v) is 3.61. The average Bonchev–Trinajstić information content (AvgIpc) is 3.19. The summed E-state index contributed by atoms with van der Waals surface area (Å²) in [6, 6.07) is 14.0. The molecule has 0 amide bonds. The van der Waals surface area contributed by atoms with Crippen molar-refractivity contribution in [2.75, 3.05) is 18.9 Å². The number of rotatable bonds is 8. The average molecular weight is 367 g/mol. The second-order valence-electron chi connectivity index (χ2n) is 7.22. The first-order valence-corrected chi connectivity index (χ1v) is 9.93. The van der Waals surface area contributed by atoms with Crippen LogP contribution in [0.15, 0.2) is 42.5 Å². The Morgan fingerprint density at radius 2 is 1.85 bits per heavy atom. The topological polar surface area (TPSA) is 61.5 Å². The van der Waals surface area contributed by atoms with Gasteiger partial charge in [-0.3, -0.25) is 4.79 Å². The van der Waals surface area contributed by atoms with E-state index in [2.05, 4.69) is 6.07 Å². The number of nitrogens with two attached hydrogens (primary N) is 1. The molecule has 4 heteroatoms. The molecule has 0 saturated heterocycles. The molecule has 0 bridgehead atoms. The quantitative estimate of drug-likeness (QED) is 0.527. The summed E-state index contributed by atoms with van der Waals surface area (Å²) in [5.74, 6) is 1.40. The molecule has 2 N–H and O–H groups in total. The zero-order chi connectivity index (χ0) is 19.1. The van der Waals surface area contributed by atoms with Crippen LogP contribution in [0.3, 0.4) is 0 Å². The lowest BCUT2D eigenvalue weighted by molar-refractivity contribution is -0.143. The number of benzene rings is 2. The first-order valence-electron chi connectivity index (χ1n) is 9.93. The highest BCUT2D eigenvalue weighted by Gasteiger charge is 2.17. The van der Waals surface area contributed by atoms with Gasteiger partial charge in [-0.2, -0.15) is 0 Å². The minimum Gasteiger partial charge on any atom is -0.493 e. The Labute approximate surface area is 161 Å². The fourth-order valence-electron chi connectivity index (χ4n) is 3.61. The molecule has 1 saturated carbocycles. The molecule has 144 valence electrons. The molecule has 3 rings (SSSR count). The van der Waals surface area contributed by atoms with Gasteiger partial charge in [-0.05, 0) is 67.5 Å². The molecule has 0 aromatic heterocycles. The highest BCUT2D eigenvalue weighted by Crippen LogP contribution is 2.33. The third-order valence-electron chi connectivity index (χ3n) is 5.14. The Hall–Kier alpha value is -2.49. The Morgan fingerprint density at radius 1 is 1.11 bits per heavy atom. The van der Waals surface area contributed by atoms with Gasteiger partial charge in [-0.15, -0.1) is 0 Å². The van der Waals surface area contributed by atoms with Crippen LogP contribution in [-0.4, -0.2) is 19.2 Å². The molecule has 0 unspecified atom stereocenters. The summed E-state index contributed by atoms with van der Waals surface area (Å²) in [6.07, 6.45) is 6.18. The number of esters is 1. The molecule has 0 heterocycles. The third-order valence-corrected chi connectivity index (χ3v) is 5.14. The number of ether oxygens (including phenoxy) is 2. The molecule has 4 nitrogen and oxygen atoms in total. The first kappa shape index (κ1) is 19.3. The van der Waals surface area contributed by atoms with E-state index in [0.29, 0.717) is 25.4 Å². The highest BCUT2D eigenvalue weighted by atomic mass is 16.5. The Morgan fingerprint density at radius 3 is 2.56 bits per heavy atom. The largest absolute Gasteiger partial charge is 0.493 e. The molecule has 0 atom stereocenters. The van der Waals surface area contributed by atoms with Crippen LogP contribution in [0, 0.1) is 5.92 Å². The van der Waals surface area contributed by atoms with Crippen LogP contribution in [0.1, 0.15) is 44.6 Å². The minimum atomic E-state index is -0.159. The van der Waals surface area contributed by atoms with Crippen LogP contribution < -0.4 is 10.5 Å². The van der Waals surface area contributed by atoms with Gasteiger partial charge in [0.25, 0.3) is 0 Å². The van der Waals surface area contributed by atoms with Gasteiger partial charge >= 0.3 is 5.97 Å². The number of anilines is 1. The number of carbonyl (C=O) groups excluding carboxylic acids is 1. The predicted octanol–water partition coefficient (Wildman–Crippen LogP) is 5.00. The van der Waals surface area contributed by atoms with Gasteiger partial charge in [-0.1, -0.05) is 31.0 Å². The predicted molar refractivity (Wildman–Crippen MR) is 109 cm³/mol. The number of carbonyl (C=O) groups is 1. The van der Waals surface area contributed by atoms with Gasteiger partial charge in [0.15, 0.2) is 0 Å². The normalized spacial score (nSPS) is 14.3. The summed E-state index contributed by atoms with van der Waals surface area (Å²) in [5.41, 5.74) is 9.81. The first-order chi connectivity index (χ1) is 13.2. The van der Waals surface area contributed by atoms with E-state index in [9.17, 15) is 4.79 Å². The van der Waals surface area contributed by atoms with Crippen molar-refractivity contribution in [1.82, 2.24) is 0 Å². The van der Waals surface area contributed by atoms with Crippen LogP contribution in [-0.2, 0) is 16.0 Å². The van der Waals surface area contributed by atoms with Crippen molar-refractivity contribution in [3.63, 3.8) is 0 Å². The van der Waals surface area contributed by atoms with Gasteiger partial charge in [0.2, 0.25) is 0 Å². The van der Waals surface area contributed by atoms with E-state index in [1.165, 1.54) is 25.7 Å². The van der Waals surface area contributed by atoms with E-state index >= 15 is 0 Å². The molecule has 27 heavy (non-hydrogen) atoms. The lowest BCUT2D eigenvalue weighted by Crippen LogP contribution is -2.09. The van der Waals surface area contributed by atoms with Crippen molar-refractivity contribution in [2.24, 2.45) is 5.92 Å². The zero-order valence-corrected chi connectivity index (χ0v) is 16.1. The molecule has 1 aliphatic carbocycles. The summed E-state index contributed by atoms with van der Waals surface area (Å²) >= 11 is 0. The molecule has 1 fully saturated rings. The van der Waals surface area contributed by atoms with Gasteiger partial charge in [0.1, 0.15) is 5.75 Å². The van der Waals surface area contributed by atoms with E-state index in [1.807, 2.05) is 43.3 Å². The second-order valence-corrected chi connectivity index (χ2v) is 7.22. The van der Waals surface area contributed by atoms with Gasteiger partial charge < -0.3 is 15.2 Å². The van der Waals surface area contributed by atoms with Crippen LogP contribution in [0.5, 0.6) is 5.75 Å². The second kappa shape index (κ2) is 9.45. The molecule has 0 radical (unpaired) electrons. The van der Waals surface area contributed by atoms with E-state index < -0.39 is 0 Å². The van der Waals surface area contributed by atoms with Gasteiger partial charge in [-0.25, -0.2) is 0 Å². The number of aryl methyl sites for hydroxylation is 1. The van der Waals surface area contributed by atoms with Crippen molar-refractivity contribution in [2.45, 2.75) is 45.4 Å². The van der Waals surface area contributed by atoms with Gasteiger partial charge in [0, 0.05) is 17.7 Å². The van der Waals surface area contributed by atoms with E-state index in [-0.39, 0.29) is 5.97 Å². The molecule has 2 aromatic carbocycles.